The zero-order chi connectivity index (χ0) is 27.1. The van der Waals surface area contributed by atoms with Gasteiger partial charge in [-0.3, -0.25) is 13.9 Å². The first-order valence-electron chi connectivity index (χ1n) is 11.3. The second-order valence-corrected chi connectivity index (χ2v) is 10.3. The highest BCUT2D eigenvalue weighted by Crippen LogP contribution is 2.44. The minimum absolute atomic E-state index is 0.00348. The molecule has 0 saturated heterocycles. The molecule has 0 aliphatic heterocycles. The molecule has 1 amide bonds. The van der Waals surface area contributed by atoms with E-state index < -0.39 is 27.6 Å². The van der Waals surface area contributed by atoms with Crippen molar-refractivity contribution in [1.82, 2.24) is 5.32 Å². The molecule has 1 aromatic heterocycles. The quantitative estimate of drug-likeness (QED) is 0.326. The summed E-state index contributed by atoms with van der Waals surface area (Å²) in [6.07, 6.45) is 0.996. The van der Waals surface area contributed by atoms with Crippen molar-refractivity contribution < 1.29 is 31.2 Å². The summed E-state index contributed by atoms with van der Waals surface area (Å²) in [5, 5.41) is 2.30. The number of carbonyl (C=O) groups is 2. The lowest BCUT2D eigenvalue weighted by molar-refractivity contribution is 0.0963. The Balaban J connectivity index is 2.17. The van der Waals surface area contributed by atoms with E-state index in [9.17, 15) is 22.4 Å². The van der Waals surface area contributed by atoms with Crippen LogP contribution in [0.5, 0.6) is 0 Å². The van der Waals surface area contributed by atoms with Crippen molar-refractivity contribution in [2.24, 2.45) is 0 Å². The van der Waals surface area contributed by atoms with Crippen molar-refractivity contribution >= 4 is 38.4 Å². The fraction of sp³-hybridized carbons (Fsp3) is 0.185. The highest BCUT2D eigenvalue weighted by molar-refractivity contribution is 7.92. The van der Waals surface area contributed by atoms with E-state index in [4.69, 9.17) is 4.42 Å². The predicted octanol–water partition coefficient (Wildman–Crippen LogP) is 5.39. The third-order valence-corrected chi connectivity index (χ3v) is 7.23. The average molecular weight is 527 g/mol. The lowest BCUT2D eigenvalue weighted by atomic mass is 9.96. The number of rotatable bonds is 7. The number of nitrogens with one attached hydrogen (secondary N) is 1. The van der Waals surface area contributed by atoms with E-state index in [2.05, 4.69) is 5.32 Å². The number of furan rings is 1. The number of fused-ring (bicyclic) bond motifs is 1. The van der Waals surface area contributed by atoms with Gasteiger partial charge in [-0.1, -0.05) is 18.2 Å². The van der Waals surface area contributed by atoms with Crippen molar-refractivity contribution in [2.45, 2.75) is 13.8 Å². The first-order valence-corrected chi connectivity index (χ1v) is 13.2. The van der Waals surface area contributed by atoms with Gasteiger partial charge in [-0.05, 0) is 49.7 Å². The predicted molar refractivity (Wildman–Crippen MR) is 138 cm³/mol. The molecule has 4 aromatic rings. The molecule has 3 aromatic carbocycles. The van der Waals surface area contributed by atoms with E-state index in [1.54, 1.807) is 25.1 Å². The summed E-state index contributed by atoms with van der Waals surface area (Å²) < 4.78 is 62.4. The number of hydrogen-bond acceptors (Lipinski definition) is 5. The topological polar surface area (TPSA) is 96.7 Å². The van der Waals surface area contributed by atoms with Crippen LogP contribution in [0, 0.1) is 11.6 Å². The summed E-state index contributed by atoms with van der Waals surface area (Å²) in [4.78, 5) is 25.0. The minimum atomic E-state index is -3.85. The first kappa shape index (κ1) is 26.0. The maximum absolute atomic E-state index is 16.6. The van der Waals surface area contributed by atoms with Crippen molar-refractivity contribution in [3.63, 3.8) is 0 Å². The molecule has 192 valence electrons. The highest BCUT2D eigenvalue weighted by Gasteiger charge is 2.31. The molecular formula is C27H24F2N2O5S. The van der Waals surface area contributed by atoms with E-state index in [-0.39, 0.29) is 51.4 Å². The van der Waals surface area contributed by atoms with Crippen LogP contribution in [-0.2, 0) is 10.0 Å². The van der Waals surface area contributed by atoms with Crippen molar-refractivity contribution in [3.05, 3.63) is 77.4 Å². The summed E-state index contributed by atoms with van der Waals surface area (Å²) >= 11 is 0. The summed E-state index contributed by atoms with van der Waals surface area (Å²) in [6, 6.07) is 12.7. The van der Waals surface area contributed by atoms with Gasteiger partial charge in [0.1, 0.15) is 23.0 Å². The zero-order valence-electron chi connectivity index (χ0n) is 20.6. The molecular weight excluding hydrogens is 502 g/mol. The minimum Gasteiger partial charge on any atom is -0.455 e. The molecule has 0 aliphatic carbocycles. The fourth-order valence-corrected chi connectivity index (χ4v) is 5.27. The second-order valence-electron chi connectivity index (χ2n) is 8.41. The van der Waals surface area contributed by atoms with Gasteiger partial charge >= 0.3 is 0 Å². The van der Waals surface area contributed by atoms with Gasteiger partial charge in [-0.15, -0.1) is 0 Å². The Labute approximate surface area is 212 Å². The fourth-order valence-electron chi connectivity index (χ4n) is 4.30. The number of amides is 1. The van der Waals surface area contributed by atoms with E-state index in [0.717, 1.165) is 10.6 Å². The summed E-state index contributed by atoms with van der Waals surface area (Å²) in [6.45, 7) is 2.95. The van der Waals surface area contributed by atoms with Gasteiger partial charge in [0.25, 0.3) is 5.91 Å². The Hall–Kier alpha value is -4.05. The van der Waals surface area contributed by atoms with Gasteiger partial charge < -0.3 is 9.73 Å². The number of halogens is 2. The number of anilines is 1. The van der Waals surface area contributed by atoms with Crippen molar-refractivity contribution in [1.29, 1.82) is 0 Å². The number of benzene rings is 3. The van der Waals surface area contributed by atoms with Gasteiger partial charge in [0, 0.05) is 36.3 Å². The molecule has 0 aliphatic rings. The Morgan fingerprint density at radius 2 is 1.70 bits per heavy atom. The lowest BCUT2D eigenvalue weighted by Crippen LogP contribution is -2.30. The summed E-state index contributed by atoms with van der Waals surface area (Å²) in [5.41, 5.74) is 0.553. The van der Waals surface area contributed by atoms with Gasteiger partial charge in [-0.2, -0.15) is 0 Å². The molecule has 4 rings (SSSR count). The molecule has 0 bridgehead atoms. The van der Waals surface area contributed by atoms with Crippen molar-refractivity contribution in [3.8, 4) is 22.5 Å². The normalized spacial score (nSPS) is 11.5. The largest absolute Gasteiger partial charge is 0.455 e. The highest BCUT2D eigenvalue weighted by atomic mass is 32.2. The molecule has 0 spiro atoms. The Morgan fingerprint density at radius 1 is 1.03 bits per heavy atom. The van der Waals surface area contributed by atoms with Crippen LogP contribution < -0.4 is 9.62 Å². The number of sulfonamides is 1. The number of Topliss-reactive ketones (excluding diaryl/α,β-unsaturated/α-hetero) is 1. The number of hydrogen-bond donors (Lipinski definition) is 1. The molecule has 7 nitrogen and oxygen atoms in total. The van der Waals surface area contributed by atoms with Crippen LogP contribution in [0.1, 0.15) is 34.6 Å². The number of carbonyl (C=O) groups excluding carboxylic acids is 2. The smallest absolute Gasteiger partial charge is 0.255 e. The second kappa shape index (κ2) is 9.78. The summed E-state index contributed by atoms with van der Waals surface area (Å²) in [7, 11) is -2.48. The first-order chi connectivity index (χ1) is 17.5. The van der Waals surface area contributed by atoms with E-state index >= 15 is 4.39 Å². The molecule has 0 saturated carbocycles. The number of nitrogens with zero attached hydrogens (tertiary/aromatic N) is 1. The molecule has 37 heavy (non-hydrogen) atoms. The summed E-state index contributed by atoms with van der Waals surface area (Å²) in [5.74, 6) is -2.31. The van der Waals surface area contributed by atoms with Crippen LogP contribution >= 0.6 is 0 Å². The maximum atomic E-state index is 16.6. The van der Waals surface area contributed by atoms with Gasteiger partial charge in [0.2, 0.25) is 10.0 Å². The molecule has 1 heterocycles. The third kappa shape index (κ3) is 4.72. The Morgan fingerprint density at radius 3 is 2.27 bits per heavy atom. The molecule has 0 radical (unpaired) electrons. The molecule has 0 atom stereocenters. The SMILES string of the molecule is CCN(c1cc2oc(-c3ccc(F)cc3)c(C(=O)NC)c2c(F)c1-c1cccc(C(C)=O)c1)S(C)(=O)=O. The maximum Gasteiger partial charge on any atom is 0.255 e. The van der Waals surface area contributed by atoms with Gasteiger partial charge in [0.15, 0.2) is 5.78 Å². The molecule has 0 unspecified atom stereocenters. The average Bonchev–Trinajstić information content (AvgIpc) is 3.23. The van der Waals surface area contributed by atoms with Crippen molar-refractivity contribution in [2.75, 3.05) is 24.2 Å². The third-order valence-electron chi connectivity index (χ3n) is 5.97. The molecule has 10 heteroatoms. The Bertz CT molecular complexity index is 1640. The standard InChI is InChI=1S/C27H24F2N2O5S/c1-5-31(37(4,34)35)20-14-21-23(25(29)22(20)18-8-6-7-17(13-18)15(2)32)24(27(33)30-3)26(36-21)16-9-11-19(28)12-10-16/h6-14H,5H2,1-4H3,(H,30,33). The lowest BCUT2D eigenvalue weighted by Gasteiger charge is -2.24. The van der Waals surface area contributed by atoms with Gasteiger partial charge in [-0.25, -0.2) is 17.2 Å². The molecule has 1 N–H and O–H groups in total. The van der Waals surface area contributed by atoms with Crippen LogP contribution in [0.2, 0.25) is 0 Å². The van der Waals surface area contributed by atoms with Crippen LogP contribution in [0.4, 0.5) is 14.5 Å². The van der Waals surface area contributed by atoms with Crippen LogP contribution in [0.25, 0.3) is 33.4 Å². The zero-order valence-corrected chi connectivity index (χ0v) is 21.4. The van der Waals surface area contributed by atoms with E-state index in [0.29, 0.717) is 11.1 Å². The van der Waals surface area contributed by atoms with E-state index in [1.165, 1.54) is 50.4 Å². The van der Waals surface area contributed by atoms with Gasteiger partial charge in [0.05, 0.1) is 22.9 Å². The van der Waals surface area contributed by atoms with Crippen LogP contribution in [0.15, 0.2) is 59.0 Å². The Kier molecular flexibility index (Phi) is 6.88. The van der Waals surface area contributed by atoms with Crippen LogP contribution in [0.3, 0.4) is 0 Å². The monoisotopic (exact) mass is 526 g/mol. The number of ketones is 1. The molecule has 0 fully saturated rings. The van der Waals surface area contributed by atoms with Crippen LogP contribution in [-0.4, -0.2) is 40.0 Å². The van der Waals surface area contributed by atoms with E-state index in [1.807, 2.05) is 0 Å².